The van der Waals surface area contributed by atoms with Crippen LogP contribution < -0.4 is 0 Å². The lowest BCUT2D eigenvalue weighted by Gasteiger charge is -2.20. The number of alkyl halides is 3. The Hall–Kier alpha value is -2.00. The lowest BCUT2D eigenvalue weighted by atomic mass is 10.1. The van der Waals surface area contributed by atoms with Gasteiger partial charge in [0.1, 0.15) is 0 Å². The summed E-state index contributed by atoms with van der Waals surface area (Å²) in [4.78, 5) is 2.97. The van der Waals surface area contributed by atoms with Crippen LogP contribution >= 0.6 is 0 Å². The second-order valence-corrected chi connectivity index (χ2v) is 5.69. The van der Waals surface area contributed by atoms with Crippen molar-refractivity contribution < 1.29 is 18.3 Å². The monoisotopic (exact) mass is 296 g/mol. The third-order valence-electron chi connectivity index (χ3n) is 3.22. The normalized spacial score (nSPS) is 12.7. The third-order valence-corrected chi connectivity index (χ3v) is 3.22. The van der Waals surface area contributed by atoms with Crippen molar-refractivity contribution in [2.24, 2.45) is 0 Å². The third kappa shape index (κ3) is 2.88. The van der Waals surface area contributed by atoms with Gasteiger partial charge in [0.25, 0.3) is 0 Å². The summed E-state index contributed by atoms with van der Waals surface area (Å²) in [7, 11) is 0. The van der Waals surface area contributed by atoms with Crippen LogP contribution in [0.25, 0.3) is 15.7 Å². The molecule has 0 atom stereocenters. The van der Waals surface area contributed by atoms with Crippen LogP contribution in [0, 0.1) is 13.5 Å². The number of nitrogens with zero attached hydrogens (tertiary/aromatic N) is 2. The second-order valence-electron chi connectivity index (χ2n) is 5.69. The molecule has 2 aromatic rings. The fourth-order valence-electron chi connectivity index (χ4n) is 2.44. The van der Waals surface area contributed by atoms with Crippen molar-refractivity contribution in [3.05, 3.63) is 40.9 Å². The first-order chi connectivity index (χ1) is 9.54. The molecule has 3 nitrogen and oxygen atoms in total. The van der Waals surface area contributed by atoms with Crippen LogP contribution in [0.5, 0.6) is 0 Å². The SMILES string of the molecule is [C-]#[N+]c1ccc2c(cc(C)n2CC(C)(C)O)c1C(F)(F)F. The fraction of sp³-hybridized carbons (Fsp3) is 0.400. The summed E-state index contributed by atoms with van der Waals surface area (Å²) in [6.45, 7) is 12.0. The summed E-state index contributed by atoms with van der Waals surface area (Å²) in [5.74, 6) is 0. The Bertz CT molecular complexity index is 730. The number of halogens is 3. The average Bonchev–Trinajstić information content (AvgIpc) is 2.61. The van der Waals surface area contributed by atoms with Crippen molar-refractivity contribution in [1.82, 2.24) is 4.57 Å². The lowest BCUT2D eigenvalue weighted by molar-refractivity contribution is -0.135. The first-order valence-corrected chi connectivity index (χ1v) is 6.34. The Morgan fingerprint density at radius 3 is 2.38 bits per heavy atom. The number of aryl methyl sites for hydroxylation is 1. The van der Waals surface area contributed by atoms with Crippen LogP contribution in [0.2, 0.25) is 0 Å². The Kier molecular flexibility index (Phi) is 3.50. The van der Waals surface area contributed by atoms with Crippen LogP contribution in [0.15, 0.2) is 18.2 Å². The second kappa shape index (κ2) is 4.78. The molecule has 0 aliphatic heterocycles. The molecule has 0 fully saturated rings. The van der Waals surface area contributed by atoms with E-state index in [1.165, 1.54) is 18.2 Å². The molecule has 1 aromatic carbocycles. The maximum Gasteiger partial charge on any atom is 0.408 e. The molecule has 0 spiro atoms. The smallest absolute Gasteiger partial charge is 0.389 e. The number of hydrogen-bond donors (Lipinski definition) is 1. The quantitative estimate of drug-likeness (QED) is 0.823. The van der Waals surface area contributed by atoms with Gasteiger partial charge in [-0.1, -0.05) is 6.07 Å². The predicted octanol–water partition coefficient (Wildman–Crippen LogP) is 4.29. The van der Waals surface area contributed by atoms with E-state index in [-0.39, 0.29) is 11.9 Å². The van der Waals surface area contributed by atoms with Crippen LogP contribution in [-0.2, 0) is 12.7 Å². The molecule has 1 N–H and O–H groups in total. The minimum Gasteiger partial charge on any atom is -0.389 e. The fourth-order valence-corrected chi connectivity index (χ4v) is 2.44. The van der Waals surface area contributed by atoms with Gasteiger partial charge in [-0.15, -0.1) is 0 Å². The number of rotatable bonds is 2. The van der Waals surface area contributed by atoms with Gasteiger partial charge in [0.05, 0.1) is 24.3 Å². The molecular formula is C15H15F3N2O. The van der Waals surface area contributed by atoms with E-state index < -0.39 is 23.0 Å². The first-order valence-electron chi connectivity index (χ1n) is 6.34. The zero-order valence-electron chi connectivity index (χ0n) is 11.9. The summed E-state index contributed by atoms with van der Waals surface area (Å²) in [5, 5.41) is 9.91. The highest BCUT2D eigenvalue weighted by atomic mass is 19.4. The van der Waals surface area contributed by atoms with Gasteiger partial charge >= 0.3 is 6.18 Å². The van der Waals surface area contributed by atoms with Crippen molar-refractivity contribution in [2.75, 3.05) is 0 Å². The number of aromatic nitrogens is 1. The number of fused-ring (bicyclic) bond motifs is 1. The summed E-state index contributed by atoms with van der Waals surface area (Å²) in [6, 6.07) is 4.09. The van der Waals surface area contributed by atoms with Gasteiger partial charge in [-0.3, -0.25) is 0 Å². The van der Waals surface area contributed by atoms with Crippen LogP contribution in [0.4, 0.5) is 18.9 Å². The first kappa shape index (κ1) is 15.4. The standard InChI is InChI=1S/C15H15F3N2O/c1-9-7-10-12(20(9)8-14(2,3)21)6-5-11(19-4)13(10)15(16,17)18/h5-7,21H,8H2,1-3H3. The van der Waals surface area contributed by atoms with E-state index in [0.717, 1.165) is 0 Å². The number of benzene rings is 1. The van der Waals surface area contributed by atoms with Gasteiger partial charge in [-0.05, 0) is 32.9 Å². The molecule has 1 heterocycles. The van der Waals surface area contributed by atoms with Crippen molar-refractivity contribution in [3.63, 3.8) is 0 Å². The maximum atomic E-state index is 13.2. The zero-order chi connectivity index (χ0) is 16.0. The molecule has 21 heavy (non-hydrogen) atoms. The molecule has 0 aliphatic rings. The van der Waals surface area contributed by atoms with Gasteiger partial charge < -0.3 is 9.67 Å². The molecule has 112 valence electrons. The van der Waals surface area contributed by atoms with Crippen LogP contribution in [0.3, 0.4) is 0 Å². The molecule has 0 saturated heterocycles. The average molecular weight is 296 g/mol. The van der Waals surface area contributed by atoms with Gasteiger partial charge in [0.2, 0.25) is 0 Å². The lowest BCUT2D eigenvalue weighted by Crippen LogP contribution is -2.26. The van der Waals surface area contributed by atoms with E-state index in [1.807, 2.05) is 0 Å². The van der Waals surface area contributed by atoms with Gasteiger partial charge in [0, 0.05) is 16.6 Å². The van der Waals surface area contributed by atoms with E-state index in [4.69, 9.17) is 6.57 Å². The van der Waals surface area contributed by atoms with E-state index >= 15 is 0 Å². The molecule has 0 aliphatic carbocycles. The van der Waals surface area contributed by atoms with Gasteiger partial charge in [0.15, 0.2) is 5.69 Å². The number of hydrogen-bond acceptors (Lipinski definition) is 1. The minimum atomic E-state index is -4.59. The number of aliphatic hydroxyl groups is 1. The Balaban J connectivity index is 2.80. The summed E-state index contributed by atoms with van der Waals surface area (Å²) < 4.78 is 41.4. The van der Waals surface area contributed by atoms with Crippen molar-refractivity contribution in [2.45, 2.75) is 39.1 Å². The van der Waals surface area contributed by atoms with E-state index in [0.29, 0.717) is 11.2 Å². The summed E-state index contributed by atoms with van der Waals surface area (Å²) in [5.41, 5.74) is -1.38. The van der Waals surface area contributed by atoms with Crippen molar-refractivity contribution in [1.29, 1.82) is 0 Å². The van der Waals surface area contributed by atoms with E-state index in [9.17, 15) is 18.3 Å². The van der Waals surface area contributed by atoms with E-state index in [2.05, 4.69) is 4.85 Å². The zero-order valence-corrected chi connectivity index (χ0v) is 11.9. The summed E-state index contributed by atoms with van der Waals surface area (Å²) in [6.07, 6.45) is -4.59. The highest BCUT2D eigenvalue weighted by molar-refractivity contribution is 5.90. The molecular weight excluding hydrogens is 281 g/mol. The predicted molar refractivity (Wildman–Crippen MR) is 74.2 cm³/mol. The maximum absolute atomic E-state index is 13.2. The van der Waals surface area contributed by atoms with Gasteiger partial charge in [-0.25, -0.2) is 4.85 Å². The van der Waals surface area contributed by atoms with Crippen molar-refractivity contribution in [3.8, 4) is 0 Å². The van der Waals surface area contributed by atoms with Crippen LogP contribution in [0.1, 0.15) is 25.1 Å². The molecule has 0 saturated carbocycles. The van der Waals surface area contributed by atoms with E-state index in [1.54, 1.807) is 25.3 Å². The largest absolute Gasteiger partial charge is 0.408 e. The molecule has 2 rings (SSSR count). The molecule has 0 unspecified atom stereocenters. The Morgan fingerprint density at radius 1 is 1.29 bits per heavy atom. The Morgan fingerprint density at radius 2 is 1.90 bits per heavy atom. The molecule has 6 heteroatoms. The molecule has 1 aromatic heterocycles. The molecule has 0 bridgehead atoms. The highest BCUT2D eigenvalue weighted by Crippen LogP contribution is 2.42. The molecule has 0 amide bonds. The summed E-state index contributed by atoms with van der Waals surface area (Å²) >= 11 is 0. The highest BCUT2D eigenvalue weighted by Gasteiger charge is 2.36. The van der Waals surface area contributed by atoms with Crippen LogP contribution in [-0.4, -0.2) is 15.3 Å². The van der Waals surface area contributed by atoms with Gasteiger partial charge in [-0.2, -0.15) is 13.2 Å². The van der Waals surface area contributed by atoms with Crippen molar-refractivity contribution >= 4 is 16.6 Å². The molecule has 0 radical (unpaired) electrons. The topological polar surface area (TPSA) is 29.5 Å². The minimum absolute atomic E-state index is 0.00208. The Labute approximate surface area is 120 Å².